The Kier molecular flexibility index (Phi) is 3.67. The molecule has 3 heterocycles. The molecule has 0 unspecified atom stereocenters. The molecule has 2 atom stereocenters. The number of aromatic nitrogens is 4. The second-order valence-corrected chi connectivity index (χ2v) is 7.08. The van der Waals surface area contributed by atoms with Crippen molar-refractivity contribution in [2.75, 3.05) is 13.1 Å². The molecule has 2 aromatic rings. The fraction of sp³-hybridized carbons (Fsp3) is 0.417. The van der Waals surface area contributed by atoms with Crippen LogP contribution in [0.5, 0.6) is 0 Å². The van der Waals surface area contributed by atoms with Crippen molar-refractivity contribution in [2.45, 2.75) is 17.0 Å². The molecule has 0 radical (unpaired) electrons. The van der Waals surface area contributed by atoms with Gasteiger partial charge in [0.05, 0.1) is 11.9 Å². The third kappa shape index (κ3) is 2.49. The first-order chi connectivity index (χ1) is 10.4. The maximum atomic E-state index is 13.9. The predicted molar refractivity (Wildman–Crippen MR) is 74.7 cm³/mol. The normalized spacial score (nSPS) is 23.0. The van der Waals surface area contributed by atoms with Crippen LogP contribution in [0.4, 0.5) is 4.39 Å². The lowest BCUT2D eigenvalue weighted by Gasteiger charge is -2.14. The van der Waals surface area contributed by atoms with Gasteiger partial charge in [0, 0.05) is 38.3 Å². The molecule has 2 N–H and O–H groups in total. The predicted octanol–water partition coefficient (Wildman–Crippen LogP) is -0.535. The van der Waals surface area contributed by atoms with Crippen molar-refractivity contribution < 1.29 is 12.8 Å². The standard InChI is InChI=1S/C12H15FN6O2S/c1-18-7-11(16-17-18)22(20,21)19-5-8(10(14)6-19)12-9(13)3-2-4-15-12/h2-4,7-8,10H,5-6,14H2,1H3/t8-,10-/m0/s1. The number of pyridine rings is 1. The summed E-state index contributed by atoms with van der Waals surface area (Å²) in [4.78, 5) is 4.00. The van der Waals surface area contributed by atoms with Crippen molar-refractivity contribution in [1.29, 1.82) is 0 Å². The maximum absolute atomic E-state index is 13.9. The van der Waals surface area contributed by atoms with E-state index in [1.807, 2.05) is 0 Å². The zero-order chi connectivity index (χ0) is 15.9. The zero-order valence-electron chi connectivity index (χ0n) is 11.8. The Balaban J connectivity index is 1.89. The smallest absolute Gasteiger partial charge is 0.264 e. The molecule has 1 saturated heterocycles. The summed E-state index contributed by atoms with van der Waals surface area (Å²) in [6, 6.07) is 2.23. The van der Waals surface area contributed by atoms with Gasteiger partial charge in [0.25, 0.3) is 10.0 Å². The fourth-order valence-corrected chi connectivity index (χ4v) is 3.94. The van der Waals surface area contributed by atoms with E-state index in [2.05, 4.69) is 15.3 Å². The lowest BCUT2D eigenvalue weighted by molar-refractivity contribution is 0.465. The fourth-order valence-electron chi connectivity index (χ4n) is 2.52. The highest BCUT2D eigenvalue weighted by Crippen LogP contribution is 2.30. The molecule has 10 heteroatoms. The average Bonchev–Trinajstić information content (AvgIpc) is 3.06. The maximum Gasteiger partial charge on any atom is 0.264 e. The highest BCUT2D eigenvalue weighted by atomic mass is 32.2. The molecule has 22 heavy (non-hydrogen) atoms. The summed E-state index contributed by atoms with van der Waals surface area (Å²) in [6.07, 6.45) is 2.78. The first-order valence-electron chi connectivity index (χ1n) is 6.62. The minimum Gasteiger partial charge on any atom is -0.326 e. The van der Waals surface area contributed by atoms with E-state index >= 15 is 0 Å². The summed E-state index contributed by atoms with van der Waals surface area (Å²) in [5.74, 6) is -0.977. The van der Waals surface area contributed by atoms with Crippen LogP contribution in [0.1, 0.15) is 11.6 Å². The van der Waals surface area contributed by atoms with Gasteiger partial charge in [-0.05, 0) is 12.1 Å². The van der Waals surface area contributed by atoms with Gasteiger partial charge in [-0.25, -0.2) is 12.8 Å². The van der Waals surface area contributed by atoms with Crippen molar-refractivity contribution >= 4 is 10.0 Å². The molecule has 0 aromatic carbocycles. The van der Waals surface area contributed by atoms with Crippen LogP contribution in [-0.4, -0.2) is 51.8 Å². The van der Waals surface area contributed by atoms with Crippen LogP contribution in [-0.2, 0) is 17.1 Å². The Labute approximate surface area is 126 Å². The van der Waals surface area contributed by atoms with Crippen molar-refractivity contribution in [1.82, 2.24) is 24.3 Å². The first-order valence-corrected chi connectivity index (χ1v) is 8.06. The van der Waals surface area contributed by atoms with Crippen LogP contribution in [0, 0.1) is 5.82 Å². The second kappa shape index (κ2) is 5.38. The van der Waals surface area contributed by atoms with Crippen LogP contribution in [0.3, 0.4) is 0 Å². The Hall–Kier alpha value is -1.91. The lowest BCUT2D eigenvalue weighted by Crippen LogP contribution is -2.32. The molecule has 118 valence electrons. The highest BCUT2D eigenvalue weighted by Gasteiger charge is 2.41. The molecule has 0 spiro atoms. The number of hydrogen-bond donors (Lipinski definition) is 1. The topological polar surface area (TPSA) is 107 Å². The molecule has 2 aromatic heterocycles. The monoisotopic (exact) mass is 326 g/mol. The van der Waals surface area contributed by atoms with Gasteiger partial charge in [0.2, 0.25) is 5.03 Å². The third-order valence-electron chi connectivity index (χ3n) is 3.66. The highest BCUT2D eigenvalue weighted by molar-refractivity contribution is 7.89. The Bertz CT molecular complexity index is 792. The largest absolute Gasteiger partial charge is 0.326 e. The summed E-state index contributed by atoms with van der Waals surface area (Å²) in [7, 11) is -2.22. The first kappa shape index (κ1) is 15.0. The number of nitrogens with zero attached hydrogens (tertiary/aromatic N) is 5. The van der Waals surface area contributed by atoms with E-state index in [1.54, 1.807) is 7.05 Å². The molecule has 0 saturated carbocycles. The molecular formula is C12H15FN6O2S. The van der Waals surface area contributed by atoms with Gasteiger partial charge in [0.15, 0.2) is 0 Å². The third-order valence-corrected chi connectivity index (χ3v) is 5.35. The number of aryl methyl sites for hydroxylation is 1. The minimum atomic E-state index is -3.80. The Morgan fingerprint density at radius 3 is 2.82 bits per heavy atom. The van der Waals surface area contributed by atoms with E-state index in [0.717, 1.165) is 0 Å². The molecular weight excluding hydrogens is 311 g/mol. The van der Waals surface area contributed by atoms with E-state index in [9.17, 15) is 12.8 Å². The van der Waals surface area contributed by atoms with Crippen LogP contribution >= 0.6 is 0 Å². The summed E-state index contributed by atoms with van der Waals surface area (Å²) in [5.41, 5.74) is 6.18. The van der Waals surface area contributed by atoms with Gasteiger partial charge in [0.1, 0.15) is 5.82 Å². The average molecular weight is 326 g/mol. The molecule has 0 amide bonds. The van der Waals surface area contributed by atoms with Crippen LogP contribution in [0.25, 0.3) is 0 Å². The lowest BCUT2D eigenvalue weighted by atomic mass is 9.99. The van der Waals surface area contributed by atoms with Crippen LogP contribution in [0.15, 0.2) is 29.6 Å². The van der Waals surface area contributed by atoms with E-state index in [1.165, 1.54) is 33.5 Å². The van der Waals surface area contributed by atoms with Gasteiger partial charge in [-0.1, -0.05) is 5.21 Å². The van der Waals surface area contributed by atoms with Crippen molar-refractivity contribution in [3.8, 4) is 0 Å². The molecule has 0 bridgehead atoms. The summed E-state index contributed by atoms with van der Waals surface area (Å²) >= 11 is 0. The zero-order valence-corrected chi connectivity index (χ0v) is 12.6. The SMILES string of the molecule is Cn1cc(S(=O)(=O)N2C[C@H](c3ncccc3F)[C@@H](N)C2)nn1. The quantitative estimate of drug-likeness (QED) is 0.812. The van der Waals surface area contributed by atoms with Gasteiger partial charge < -0.3 is 5.73 Å². The summed E-state index contributed by atoms with van der Waals surface area (Å²) in [5, 5.41) is 7.10. The number of halogens is 1. The molecule has 0 aliphatic carbocycles. The number of sulfonamides is 1. The Morgan fingerprint density at radius 1 is 1.41 bits per heavy atom. The van der Waals surface area contributed by atoms with E-state index in [0.29, 0.717) is 0 Å². The molecule has 3 rings (SSSR count). The van der Waals surface area contributed by atoms with Crippen molar-refractivity contribution in [3.63, 3.8) is 0 Å². The van der Waals surface area contributed by atoms with Gasteiger partial charge in [-0.3, -0.25) is 9.67 Å². The van der Waals surface area contributed by atoms with Crippen molar-refractivity contribution in [3.05, 3.63) is 36.0 Å². The van der Waals surface area contributed by atoms with Crippen LogP contribution in [0.2, 0.25) is 0 Å². The molecule has 1 aliphatic heterocycles. The van der Waals surface area contributed by atoms with Gasteiger partial charge in [-0.2, -0.15) is 4.31 Å². The van der Waals surface area contributed by atoms with Gasteiger partial charge >= 0.3 is 0 Å². The number of nitrogens with two attached hydrogens (primary N) is 1. The van der Waals surface area contributed by atoms with Gasteiger partial charge in [-0.15, -0.1) is 5.10 Å². The van der Waals surface area contributed by atoms with E-state index in [-0.39, 0.29) is 23.8 Å². The molecule has 8 nitrogen and oxygen atoms in total. The summed E-state index contributed by atoms with van der Waals surface area (Å²) in [6.45, 7) is 0.146. The van der Waals surface area contributed by atoms with Crippen molar-refractivity contribution in [2.24, 2.45) is 12.8 Å². The number of rotatable bonds is 3. The molecule has 1 fully saturated rings. The minimum absolute atomic E-state index is 0.0635. The summed E-state index contributed by atoms with van der Waals surface area (Å²) < 4.78 is 41.3. The second-order valence-electron chi connectivity index (χ2n) is 5.19. The van der Waals surface area contributed by atoms with E-state index in [4.69, 9.17) is 5.73 Å². The van der Waals surface area contributed by atoms with Crippen LogP contribution < -0.4 is 5.73 Å². The van der Waals surface area contributed by atoms with E-state index < -0.39 is 27.8 Å². The Morgan fingerprint density at radius 2 is 2.18 bits per heavy atom. The number of hydrogen-bond acceptors (Lipinski definition) is 6. The molecule has 1 aliphatic rings.